The van der Waals surface area contributed by atoms with Crippen molar-refractivity contribution in [2.75, 3.05) is 13.2 Å². The molecule has 2 aromatic rings. The molecule has 0 aliphatic carbocycles. The topological polar surface area (TPSA) is 18.5 Å². The second kappa shape index (κ2) is 11.6. The molecule has 164 valence electrons. The van der Waals surface area contributed by atoms with Crippen molar-refractivity contribution in [1.29, 1.82) is 0 Å². The van der Waals surface area contributed by atoms with Crippen molar-refractivity contribution in [1.82, 2.24) is 0 Å². The lowest BCUT2D eigenvalue weighted by atomic mass is 10.0. The van der Waals surface area contributed by atoms with E-state index in [2.05, 4.69) is 109 Å². The zero-order valence-corrected chi connectivity index (χ0v) is 20.9. The van der Waals surface area contributed by atoms with Gasteiger partial charge in [0.1, 0.15) is 0 Å². The fourth-order valence-electron chi connectivity index (χ4n) is 4.76. The highest BCUT2D eigenvalue weighted by atomic mass is 28.4. The van der Waals surface area contributed by atoms with Crippen molar-refractivity contribution in [2.45, 2.75) is 71.7 Å². The molecule has 0 bridgehead atoms. The van der Waals surface area contributed by atoms with Crippen molar-refractivity contribution in [3.63, 3.8) is 0 Å². The fraction of sp³-hybridized carbons (Fsp3) is 0.481. The summed E-state index contributed by atoms with van der Waals surface area (Å²) in [5.41, 5.74) is 6.69. The molecule has 0 heterocycles. The van der Waals surface area contributed by atoms with E-state index in [9.17, 15) is 0 Å². The molecular weight excluding hydrogens is 384 g/mol. The van der Waals surface area contributed by atoms with E-state index in [1.807, 2.05) is 0 Å². The summed E-state index contributed by atoms with van der Waals surface area (Å²) in [7, 11) is -1.86. The molecule has 0 unspecified atom stereocenters. The van der Waals surface area contributed by atoms with Gasteiger partial charge in [0.05, 0.1) is 19.8 Å². The largest absolute Gasteiger partial charge is 0.412 e. The summed E-state index contributed by atoms with van der Waals surface area (Å²) in [6.07, 6.45) is 2.16. The van der Waals surface area contributed by atoms with Gasteiger partial charge in [-0.3, -0.25) is 0 Å². The number of allylic oxidation sites excluding steroid dienone is 1. The van der Waals surface area contributed by atoms with E-state index in [0.29, 0.717) is 36.4 Å². The van der Waals surface area contributed by atoms with Gasteiger partial charge >= 0.3 is 0 Å². The Morgan fingerprint density at radius 3 is 1.93 bits per heavy atom. The number of hydrogen-bond donors (Lipinski definition) is 0. The number of rotatable bonds is 11. The van der Waals surface area contributed by atoms with Gasteiger partial charge in [-0.05, 0) is 45.8 Å². The summed E-state index contributed by atoms with van der Waals surface area (Å²) in [5.74, 6) is 0. The predicted octanol–water partition coefficient (Wildman–Crippen LogP) is 8.01. The molecule has 0 atom stereocenters. The summed E-state index contributed by atoms with van der Waals surface area (Å²) >= 11 is 0. The molecule has 2 aromatic carbocycles. The standard InChI is InChI=1S/C27H40O2Si/c1-8-24(19-29-30(21(2)3,22(4)5)23(6)7)18-28-20-26-16-12-13-17-27(26)25-14-10-9-11-15-25/h8-17,21-23H,18-20H2,1-7H3/b24-8+. The zero-order valence-electron chi connectivity index (χ0n) is 19.9. The highest BCUT2D eigenvalue weighted by Gasteiger charge is 2.45. The van der Waals surface area contributed by atoms with Crippen LogP contribution in [-0.4, -0.2) is 21.5 Å². The summed E-state index contributed by atoms with van der Waals surface area (Å²) in [6.45, 7) is 18.0. The third kappa shape index (κ3) is 5.93. The molecule has 3 heteroatoms. The quantitative estimate of drug-likeness (QED) is 0.269. The maximum Gasteiger partial charge on any atom is 0.200 e. The Labute approximate surface area is 185 Å². The number of ether oxygens (including phenoxy) is 1. The summed E-state index contributed by atoms with van der Waals surface area (Å²) in [4.78, 5) is 0. The Morgan fingerprint density at radius 2 is 1.37 bits per heavy atom. The molecule has 0 radical (unpaired) electrons. The van der Waals surface area contributed by atoms with Gasteiger partial charge in [0.2, 0.25) is 8.32 Å². The van der Waals surface area contributed by atoms with E-state index < -0.39 is 8.32 Å². The second-order valence-corrected chi connectivity index (χ2v) is 14.5. The van der Waals surface area contributed by atoms with E-state index in [-0.39, 0.29) is 0 Å². The van der Waals surface area contributed by atoms with Crippen LogP contribution in [0.25, 0.3) is 11.1 Å². The summed E-state index contributed by atoms with van der Waals surface area (Å²) in [5, 5.41) is 0. The van der Waals surface area contributed by atoms with Crippen LogP contribution in [0.3, 0.4) is 0 Å². The van der Waals surface area contributed by atoms with Gasteiger partial charge in [-0.2, -0.15) is 0 Å². The van der Waals surface area contributed by atoms with Crippen LogP contribution < -0.4 is 0 Å². The highest BCUT2D eigenvalue weighted by Crippen LogP contribution is 2.42. The van der Waals surface area contributed by atoms with Crippen LogP contribution in [0, 0.1) is 0 Å². The van der Waals surface area contributed by atoms with Crippen molar-refractivity contribution in [3.8, 4) is 11.1 Å². The monoisotopic (exact) mass is 424 g/mol. The summed E-state index contributed by atoms with van der Waals surface area (Å²) < 4.78 is 12.9. The Bertz CT molecular complexity index is 772. The first kappa shape index (κ1) is 24.6. The lowest BCUT2D eigenvalue weighted by Gasteiger charge is -2.42. The maximum absolute atomic E-state index is 6.75. The second-order valence-electron chi connectivity index (χ2n) is 9.07. The van der Waals surface area contributed by atoms with Crippen LogP contribution in [-0.2, 0) is 15.8 Å². The minimum absolute atomic E-state index is 0.592. The van der Waals surface area contributed by atoms with Gasteiger partial charge < -0.3 is 9.16 Å². The first-order chi connectivity index (χ1) is 14.3. The molecule has 30 heavy (non-hydrogen) atoms. The molecule has 2 rings (SSSR count). The molecule has 0 aliphatic heterocycles. The lowest BCUT2D eigenvalue weighted by Crippen LogP contribution is -2.48. The van der Waals surface area contributed by atoms with Gasteiger partial charge in [0, 0.05) is 0 Å². The SMILES string of the molecule is C/C=C(\COCc1ccccc1-c1ccccc1)CO[Si](C(C)C)(C(C)C)C(C)C. The molecule has 0 saturated heterocycles. The average molecular weight is 425 g/mol. The van der Waals surface area contributed by atoms with Crippen LogP contribution in [0.1, 0.15) is 54.0 Å². The first-order valence-electron chi connectivity index (χ1n) is 11.3. The molecule has 0 amide bonds. The maximum atomic E-state index is 6.75. The van der Waals surface area contributed by atoms with Crippen LogP contribution in [0.2, 0.25) is 16.6 Å². The van der Waals surface area contributed by atoms with Crippen LogP contribution in [0.5, 0.6) is 0 Å². The van der Waals surface area contributed by atoms with Crippen molar-refractivity contribution in [3.05, 3.63) is 71.8 Å². The van der Waals surface area contributed by atoms with E-state index in [0.717, 1.165) is 0 Å². The molecule has 0 saturated carbocycles. The minimum atomic E-state index is -1.86. The predicted molar refractivity (Wildman–Crippen MR) is 132 cm³/mol. The van der Waals surface area contributed by atoms with E-state index in [1.165, 1.54) is 22.3 Å². The molecule has 0 N–H and O–H groups in total. The third-order valence-corrected chi connectivity index (χ3v) is 12.3. The van der Waals surface area contributed by atoms with E-state index in [1.54, 1.807) is 0 Å². The zero-order chi connectivity index (χ0) is 22.1. The molecular formula is C27H40O2Si. The minimum Gasteiger partial charge on any atom is -0.412 e. The fourth-order valence-corrected chi connectivity index (χ4v) is 10.2. The highest BCUT2D eigenvalue weighted by molar-refractivity contribution is 6.77. The van der Waals surface area contributed by atoms with E-state index >= 15 is 0 Å². The van der Waals surface area contributed by atoms with Gasteiger partial charge in [-0.1, -0.05) is 102 Å². The Morgan fingerprint density at radius 1 is 0.800 bits per heavy atom. The molecule has 2 nitrogen and oxygen atoms in total. The molecule has 0 spiro atoms. The third-order valence-electron chi connectivity index (χ3n) is 6.27. The van der Waals surface area contributed by atoms with Gasteiger partial charge in [-0.15, -0.1) is 0 Å². The Kier molecular flexibility index (Phi) is 9.54. The smallest absolute Gasteiger partial charge is 0.200 e. The van der Waals surface area contributed by atoms with Gasteiger partial charge in [-0.25, -0.2) is 0 Å². The van der Waals surface area contributed by atoms with Crippen molar-refractivity contribution >= 4 is 8.32 Å². The Hall–Kier alpha value is -1.68. The Balaban J connectivity index is 2.01. The lowest BCUT2D eigenvalue weighted by molar-refractivity contribution is 0.134. The normalized spacial score (nSPS) is 12.9. The molecule has 0 aliphatic rings. The van der Waals surface area contributed by atoms with Gasteiger partial charge in [0.25, 0.3) is 0 Å². The van der Waals surface area contributed by atoms with Crippen molar-refractivity contribution < 1.29 is 9.16 Å². The summed E-state index contributed by atoms with van der Waals surface area (Å²) in [6, 6.07) is 19.0. The molecule has 0 aromatic heterocycles. The average Bonchev–Trinajstić information content (AvgIpc) is 2.73. The van der Waals surface area contributed by atoms with Crippen LogP contribution in [0.15, 0.2) is 66.2 Å². The van der Waals surface area contributed by atoms with Gasteiger partial charge in [0.15, 0.2) is 0 Å². The first-order valence-corrected chi connectivity index (χ1v) is 13.5. The number of hydrogen-bond acceptors (Lipinski definition) is 2. The van der Waals surface area contributed by atoms with Crippen LogP contribution in [0.4, 0.5) is 0 Å². The molecule has 0 fully saturated rings. The van der Waals surface area contributed by atoms with E-state index in [4.69, 9.17) is 9.16 Å². The number of benzene rings is 2. The van der Waals surface area contributed by atoms with Crippen molar-refractivity contribution in [2.24, 2.45) is 0 Å². The van der Waals surface area contributed by atoms with Crippen LogP contribution >= 0.6 is 0 Å².